The number of hydrazine groups is 1. The molecule has 3 fully saturated rings. The van der Waals surface area contributed by atoms with E-state index in [4.69, 9.17) is 34.8 Å². The average molecular weight is 437 g/mol. The number of amides is 2. The Morgan fingerprint density at radius 3 is 2.04 bits per heavy atom. The van der Waals surface area contributed by atoms with Gasteiger partial charge in [0.05, 0.1) is 27.7 Å². The van der Waals surface area contributed by atoms with Crippen LogP contribution in [0.25, 0.3) is 0 Å². The molecule has 0 saturated carbocycles. The van der Waals surface area contributed by atoms with Crippen LogP contribution in [-0.4, -0.2) is 41.0 Å². The summed E-state index contributed by atoms with van der Waals surface area (Å²) in [6.07, 6.45) is 0.946. The van der Waals surface area contributed by atoms with Crippen LogP contribution in [0.4, 0.5) is 5.69 Å². The first-order valence-corrected chi connectivity index (χ1v) is 10.2. The van der Waals surface area contributed by atoms with Gasteiger partial charge in [-0.3, -0.25) is 9.59 Å². The van der Waals surface area contributed by atoms with Crippen LogP contribution in [0.5, 0.6) is 0 Å². The molecule has 8 heteroatoms. The highest BCUT2D eigenvalue weighted by Gasteiger charge is 2.63. The Balaban J connectivity index is 1.62. The highest BCUT2D eigenvalue weighted by atomic mass is 35.5. The molecule has 0 aliphatic carbocycles. The molecule has 28 heavy (non-hydrogen) atoms. The zero-order valence-electron chi connectivity index (χ0n) is 14.7. The first kappa shape index (κ1) is 18.4. The number of para-hydroxylation sites is 1. The fraction of sp³-hybridized carbons (Fsp3) is 0.300. The predicted molar refractivity (Wildman–Crippen MR) is 108 cm³/mol. The minimum absolute atomic E-state index is 0.215. The maximum absolute atomic E-state index is 13.5. The number of nitrogens with zero attached hydrogens (tertiary/aromatic N) is 3. The van der Waals surface area contributed by atoms with E-state index >= 15 is 0 Å². The maximum Gasteiger partial charge on any atom is 0.253 e. The Kier molecular flexibility index (Phi) is 4.41. The Morgan fingerprint density at radius 2 is 1.39 bits per heavy atom. The number of fused-ring (bicyclic) bond motifs is 3. The second kappa shape index (κ2) is 6.71. The number of anilines is 1. The van der Waals surface area contributed by atoms with Crippen molar-refractivity contribution < 1.29 is 9.59 Å². The summed E-state index contributed by atoms with van der Waals surface area (Å²) in [6.45, 7) is 1.56. The van der Waals surface area contributed by atoms with Crippen molar-refractivity contribution >= 4 is 52.3 Å². The van der Waals surface area contributed by atoms with Crippen molar-refractivity contribution in [2.24, 2.45) is 5.92 Å². The third kappa shape index (κ3) is 2.54. The predicted octanol–water partition coefficient (Wildman–Crippen LogP) is 4.18. The van der Waals surface area contributed by atoms with E-state index in [1.54, 1.807) is 18.2 Å². The zero-order chi connectivity index (χ0) is 19.6. The van der Waals surface area contributed by atoms with Gasteiger partial charge in [0.25, 0.3) is 5.91 Å². The quantitative estimate of drug-likeness (QED) is 0.663. The Labute approximate surface area is 177 Å². The lowest BCUT2D eigenvalue weighted by Gasteiger charge is -2.30. The number of carbonyl (C=O) groups is 2. The third-order valence-electron chi connectivity index (χ3n) is 5.78. The van der Waals surface area contributed by atoms with E-state index in [0.29, 0.717) is 5.02 Å². The number of benzene rings is 2. The van der Waals surface area contributed by atoms with Gasteiger partial charge in [0, 0.05) is 18.1 Å². The Hall–Kier alpha value is -1.63. The standard InChI is InChI=1S/C20H16Cl3N3O2/c21-12-7-5-11(6-8-12)16-15-18(25-10-2-9-24(16)25)20(28)26(19(15)27)17-13(22)3-1-4-14(17)23/h1,3-8,15-16,18H,2,9-10H2/t15-,16-,18-/m0/s1. The minimum atomic E-state index is -0.539. The van der Waals surface area contributed by atoms with E-state index in [9.17, 15) is 9.59 Å². The maximum atomic E-state index is 13.5. The zero-order valence-corrected chi connectivity index (χ0v) is 17.0. The highest BCUT2D eigenvalue weighted by molar-refractivity contribution is 6.42. The SMILES string of the molecule is O=C1[C@@H]2[C@@H](C(=O)N1c1c(Cl)cccc1Cl)N1CCCN1[C@H]2c1ccc(Cl)cc1. The molecule has 3 atom stereocenters. The van der Waals surface area contributed by atoms with Crippen LogP contribution >= 0.6 is 34.8 Å². The van der Waals surface area contributed by atoms with E-state index in [0.717, 1.165) is 25.1 Å². The number of hydrogen-bond donors (Lipinski definition) is 0. The summed E-state index contributed by atoms with van der Waals surface area (Å²) in [7, 11) is 0. The molecule has 3 saturated heterocycles. The molecule has 2 aromatic carbocycles. The van der Waals surface area contributed by atoms with Crippen LogP contribution in [0.2, 0.25) is 15.1 Å². The molecule has 3 heterocycles. The molecule has 0 radical (unpaired) electrons. The molecule has 5 rings (SSSR count). The summed E-state index contributed by atoms with van der Waals surface area (Å²) in [6, 6.07) is 11.7. The van der Waals surface area contributed by atoms with E-state index < -0.39 is 12.0 Å². The summed E-state index contributed by atoms with van der Waals surface area (Å²) in [5, 5.41) is 5.40. The molecule has 0 N–H and O–H groups in total. The second-order valence-corrected chi connectivity index (χ2v) is 8.48. The average Bonchev–Trinajstić information content (AvgIpc) is 3.30. The molecule has 0 unspecified atom stereocenters. The Morgan fingerprint density at radius 1 is 0.786 bits per heavy atom. The summed E-state index contributed by atoms with van der Waals surface area (Å²) in [5.41, 5.74) is 1.24. The van der Waals surface area contributed by atoms with E-state index in [1.165, 1.54) is 4.90 Å². The molecule has 0 spiro atoms. The monoisotopic (exact) mass is 435 g/mol. The Bertz CT molecular complexity index is 961. The van der Waals surface area contributed by atoms with Gasteiger partial charge in [-0.2, -0.15) is 0 Å². The highest BCUT2D eigenvalue weighted by Crippen LogP contribution is 2.50. The number of hydrogen-bond acceptors (Lipinski definition) is 4. The van der Waals surface area contributed by atoms with Crippen LogP contribution in [0.3, 0.4) is 0 Å². The molecular formula is C20H16Cl3N3O2. The van der Waals surface area contributed by atoms with Gasteiger partial charge in [0.1, 0.15) is 6.04 Å². The van der Waals surface area contributed by atoms with Crippen molar-refractivity contribution in [3.05, 3.63) is 63.1 Å². The van der Waals surface area contributed by atoms with Crippen molar-refractivity contribution in [3.8, 4) is 0 Å². The molecule has 0 bridgehead atoms. The van der Waals surface area contributed by atoms with Gasteiger partial charge in [0.2, 0.25) is 5.91 Å². The van der Waals surface area contributed by atoms with Gasteiger partial charge < -0.3 is 0 Å². The molecule has 3 aliphatic heterocycles. The van der Waals surface area contributed by atoms with Crippen molar-refractivity contribution in [3.63, 3.8) is 0 Å². The lowest BCUT2D eigenvalue weighted by atomic mass is 9.90. The van der Waals surface area contributed by atoms with Crippen molar-refractivity contribution in [1.29, 1.82) is 0 Å². The number of imide groups is 1. The summed E-state index contributed by atoms with van der Waals surface area (Å²) in [4.78, 5) is 28.0. The molecule has 2 aromatic rings. The minimum Gasteiger partial charge on any atom is -0.274 e. The van der Waals surface area contributed by atoms with Gasteiger partial charge in [-0.05, 0) is 36.2 Å². The van der Waals surface area contributed by atoms with E-state index in [2.05, 4.69) is 5.01 Å². The fourth-order valence-electron chi connectivity index (χ4n) is 4.70. The number of carbonyl (C=O) groups excluding carboxylic acids is 2. The van der Waals surface area contributed by atoms with Crippen LogP contribution in [-0.2, 0) is 9.59 Å². The summed E-state index contributed by atoms with van der Waals surface area (Å²) >= 11 is 18.7. The third-order valence-corrected chi connectivity index (χ3v) is 6.64. The largest absolute Gasteiger partial charge is 0.274 e. The van der Waals surface area contributed by atoms with Crippen molar-refractivity contribution in [2.75, 3.05) is 18.0 Å². The van der Waals surface area contributed by atoms with Gasteiger partial charge in [-0.15, -0.1) is 0 Å². The van der Waals surface area contributed by atoms with E-state index in [1.807, 2.05) is 29.3 Å². The summed E-state index contributed by atoms with van der Waals surface area (Å²) < 4.78 is 0. The van der Waals surface area contributed by atoms with Gasteiger partial charge >= 0.3 is 0 Å². The van der Waals surface area contributed by atoms with E-state index in [-0.39, 0.29) is 33.6 Å². The normalized spacial score (nSPS) is 27.5. The molecule has 144 valence electrons. The molecule has 5 nitrogen and oxygen atoms in total. The molecular weight excluding hydrogens is 421 g/mol. The van der Waals surface area contributed by atoms with Crippen LogP contribution in [0.1, 0.15) is 18.0 Å². The van der Waals surface area contributed by atoms with Gasteiger partial charge in [0.15, 0.2) is 0 Å². The topological polar surface area (TPSA) is 43.9 Å². The molecule has 2 amide bonds. The smallest absolute Gasteiger partial charge is 0.253 e. The van der Waals surface area contributed by atoms with Crippen LogP contribution in [0, 0.1) is 5.92 Å². The first-order chi connectivity index (χ1) is 13.5. The van der Waals surface area contributed by atoms with Crippen LogP contribution < -0.4 is 4.90 Å². The van der Waals surface area contributed by atoms with Gasteiger partial charge in [-0.1, -0.05) is 53.0 Å². The molecule has 3 aliphatic rings. The number of rotatable bonds is 2. The molecule has 0 aromatic heterocycles. The summed E-state index contributed by atoms with van der Waals surface area (Å²) in [5.74, 6) is -1.05. The number of halogens is 3. The van der Waals surface area contributed by atoms with Crippen molar-refractivity contribution in [2.45, 2.75) is 18.5 Å². The van der Waals surface area contributed by atoms with Gasteiger partial charge in [-0.25, -0.2) is 14.9 Å². The van der Waals surface area contributed by atoms with Crippen molar-refractivity contribution in [1.82, 2.24) is 10.0 Å². The second-order valence-electron chi connectivity index (χ2n) is 7.23. The fourth-order valence-corrected chi connectivity index (χ4v) is 5.39. The van der Waals surface area contributed by atoms with Crippen LogP contribution in [0.15, 0.2) is 42.5 Å². The first-order valence-electron chi connectivity index (χ1n) is 9.09. The lowest BCUT2D eigenvalue weighted by Crippen LogP contribution is -2.44. The lowest BCUT2D eigenvalue weighted by molar-refractivity contribution is -0.126.